The summed E-state index contributed by atoms with van der Waals surface area (Å²) in [6, 6.07) is 9.81. The second-order valence-electron chi connectivity index (χ2n) is 5.11. The molecule has 0 aliphatic heterocycles. The average Bonchev–Trinajstić information content (AvgIpc) is 2.47. The summed E-state index contributed by atoms with van der Waals surface area (Å²) in [5, 5.41) is 13.6. The van der Waals surface area contributed by atoms with Crippen molar-refractivity contribution in [1.29, 1.82) is 0 Å². The highest BCUT2D eigenvalue weighted by Crippen LogP contribution is 2.21. The van der Waals surface area contributed by atoms with Gasteiger partial charge in [0, 0.05) is 17.7 Å². The molecule has 0 aliphatic carbocycles. The maximum atomic E-state index is 11.9. The number of hydrogen-bond acceptors (Lipinski definition) is 3. The molecule has 1 heterocycles. The molecule has 1 aromatic carbocycles. The third-order valence-electron chi connectivity index (χ3n) is 3.39. The lowest BCUT2D eigenvalue weighted by atomic mass is 10.0. The van der Waals surface area contributed by atoms with Gasteiger partial charge >= 0.3 is 0 Å². The van der Waals surface area contributed by atoms with Gasteiger partial charge in [0.15, 0.2) is 0 Å². The van der Waals surface area contributed by atoms with E-state index in [4.69, 9.17) is 0 Å². The molecule has 4 heteroatoms. The largest absolute Gasteiger partial charge is 0.391 e. The fourth-order valence-electron chi connectivity index (χ4n) is 2.10. The van der Waals surface area contributed by atoms with Gasteiger partial charge in [-0.25, -0.2) is 4.68 Å². The lowest BCUT2D eigenvalue weighted by Crippen LogP contribution is -2.26. The van der Waals surface area contributed by atoms with E-state index in [1.807, 2.05) is 19.1 Å². The van der Waals surface area contributed by atoms with E-state index in [1.54, 1.807) is 6.07 Å². The Balaban J connectivity index is 2.49. The molecule has 0 spiro atoms. The molecule has 106 valence electrons. The highest BCUT2D eigenvalue weighted by molar-refractivity contribution is 5.59. The highest BCUT2D eigenvalue weighted by atomic mass is 16.3. The molecule has 0 amide bonds. The number of benzene rings is 1. The van der Waals surface area contributed by atoms with Crippen molar-refractivity contribution < 1.29 is 5.11 Å². The summed E-state index contributed by atoms with van der Waals surface area (Å²) >= 11 is 0. The molecule has 1 aromatic heterocycles. The Labute approximate surface area is 118 Å². The lowest BCUT2D eigenvalue weighted by Gasteiger charge is -2.09. The van der Waals surface area contributed by atoms with Crippen molar-refractivity contribution in [2.75, 3.05) is 0 Å². The van der Waals surface area contributed by atoms with Gasteiger partial charge in [-0.2, -0.15) is 5.10 Å². The first-order valence-electron chi connectivity index (χ1n) is 6.89. The molecule has 2 rings (SSSR count). The fraction of sp³-hybridized carbons (Fsp3) is 0.375. The first kappa shape index (κ1) is 14.5. The molecule has 0 fully saturated rings. The zero-order valence-corrected chi connectivity index (χ0v) is 12.1. The molecule has 1 N–H and O–H groups in total. The zero-order chi connectivity index (χ0) is 14.7. The van der Waals surface area contributed by atoms with Crippen LogP contribution in [-0.2, 0) is 13.2 Å². The normalized spacial score (nSPS) is 11.1. The van der Waals surface area contributed by atoms with Gasteiger partial charge in [0.25, 0.3) is 5.56 Å². The predicted molar refractivity (Wildman–Crippen MR) is 79.6 cm³/mol. The predicted octanol–water partition coefficient (Wildman–Crippen LogP) is 2.55. The van der Waals surface area contributed by atoms with Gasteiger partial charge in [-0.15, -0.1) is 0 Å². The first-order chi connectivity index (χ1) is 9.56. The summed E-state index contributed by atoms with van der Waals surface area (Å²) in [6.45, 7) is 6.38. The number of nitrogens with zero attached hydrogens (tertiary/aromatic N) is 2. The molecule has 2 aromatic rings. The molecule has 0 bridgehead atoms. The Morgan fingerprint density at radius 1 is 1.25 bits per heavy atom. The Morgan fingerprint density at radius 3 is 2.40 bits per heavy atom. The minimum Gasteiger partial charge on any atom is -0.391 e. The number of aromatic nitrogens is 2. The van der Waals surface area contributed by atoms with Crippen molar-refractivity contribution in [2.45, 2.75) is 39.8 Å². The molecule has 0 unspecified atom stereocenters. The van der Waals surface area contributed by atoms with Crippen LogP contribution in [0.3, 0.4) is 0 Å². The maximum absolute atomic E-state index is 11.9. The molecule has 20 heavy (non-hydrogen) atoms. The Kier molecular flexibility index (Phi) is 4.35. The molecular formula is C16H20N2O2. The van der Waals surface area contributed by atoms with Crippen LogP contribution in [0.1, 0.15) is 37.8 Å². The van der Waals surface area contributed by atoms with Crippen molar-refractivity contribution in [3.05, 3.63) is 51.8 Å². The molecule has 4 nitrogen and oxygen atoms in total. The van der Waals surface area contributed by atoms with Crippen molar-refractivity contribution >= 4 is 0 Å². The van der Waals surface area contributed by atoms with Crippen molar-refractivity contribution in [3.63, 3.8) is 0 Å². The van der Waals surface area contributed by atoms with E-state index in [0.717, 1.165) is 5.56 Å². The molecule has 0 aliphatic rings. The lowest BCUT2D eigenvalue weighted by molar-refractivity contribution is 0.278. The number of aliphatic hydroxyl groups excluding tert-OH is 1. The third-order valence-corrected chi connectivity index (χ3v) is 3.39. The Hall–Kier alpha value is -1.94. The van der Waals surface area contributed by atoms with Gasteiger partial charge in [-0.1, -0.05) is 38.1 Å². The fourth-order valence-corrected chi connectivity index (χ4v) is 2.10. The third kappa shape index (κ3) is 2.80. The molecule has 0 saturated carbocycles. The second-order valence-corrected chi connectivity index (χ2v) is 5.11. The van der Waals surface area contributed by atoms with Gasteiger partial charge in [0.2, 0.25) is 0 Å². The summed E-state index contributed by atoms with van der Waals surface area (Å²) in [4.78, 5) is 11.9. The summed E-state index contributed by atoms with van der Waals surface area (Å²) in [5.41, 5.74) is 3.08. The average molecular weight is 272 g/mol. The van der Waals surface area contributed by atoms with Crippen molar-refractivity contribution in [3.8, 4) is 11.3 Å². The standard InChI is InChI=1S/C16H20N2O2/c1-4-18-16(20)14(10-19)9-15(17-18)13-7-5-12(6-8-13)11(2)3/h5-9,11,19H,4,10H2,1-3H3. The van der Waals surface area contributed by atoms with Crippen LogP contribution in [0.4, 0.5) is 0 Å². The summed E-state index contributed by atoms with van der Waals surface area (Å²) in [6.07, 6.45) is 0. The van der Waals surface area contributed by atoms with Crippen LogP contribution in [0.25, 0.3) is 11.3 Å². The van der Waals surface area contributed by atoms with E-state index >= 15 is 0 Å². The first-order valence-corrected chi connectivity index (χ1v) is 6.89. The van der Waals surface area contributed by atoms with Gasteiger partial charge in [0.1, 0.15) is 0 Å². The quantitative estimate of drug-likeness (QED) is 0.930. The van der Waals surface area contributed by atoms with Crippen LogP contribution in [0.5, 0.6) is 0 Å². The molecule has 0 atom stereocenters. The monoisotopic (exact) mass is 272 g/mol. The van der Waals surface area contributed by atoms with Crippen molar-refractivity contribution in [2.24, 2.45) is 0 Å². The summed E-state index contributed by atoms with van der Waals surface area (Å²) in [5.74, 6) is 0.481. The summed E-state index contributed by atoms with van der Waals surface area (Å²) in [7, 11) is 0. The van der Waals surface area contributed by atoms with Crippen LogP contribution in [0.15, 0.2) is 35.1 Å². The van der Waals surface area contributed by atoms with E-state index in [-0.39, 0.29) is 12.2 Å². The van der Waals surface area contributed by atoms with Crippen LogP contribution in [0.2, 0.25) is 0 Å². The molecule has 0 radical (unpaired) electrons. The van der Waals surface area contributed by atoms with Gasteiger partial charge < -0.3 is 5.11 Å². The smallest absolute Gasteiger partial charge is 0.272 e. The number of rotatable bonds is 4. The minimum absolute atomic E-state index is 0.224. The number of hydrogen-bond donors (Lipinski definition) is 1. The van der Waals surface area contributed by atoms with Gasteiger partial charge in [0.05, 0.1) is 12.3 Å². The summed E-state index contributed by atoms with van der Waals surface area (Å²) < 4.78 is 1.39. The van der Waals surface area contributed by atoms with E-state index in [2.05, 4.69) is 31.1 Å². The molecule has 0 saturated heterocycles. The van der Waals surface area contributed by atoms with Crippen LogP contribution in [0, 0.1) is 0 Å². The van der Waals surface area contributed by atoms with Crippen LogP contribution >= 0.6 is 0 Å². The van der Waals surface area contributed by atoms with Crippen molar-refractivity contribution in [1.82, 2.24) is 9.78 Å². The highest BCUT2D eigenvalue weighted by Gasteiger charge is 2.09. The van der Waals surface area contributed by atoms with E-state index in [0.29, 0.717) is 23.7 Å². The van der Waals surface area contributed by atoms with E-state index < -0.39 is 0 Å². The maximum Gasteiger partial charge on any atom is 0.272 e. The van der Waals surface area contributed by atoms with E-state index in [1.165, 1.54) is 10.2 Å². The van der Waals surface area contributed by atoms with Crippen LogP contribution < -0.4 is 5.56 Å². The second kappa shape index (κ2) is 6.01. The zero-order valence-electron chi connectivity index (χ0n) is 12.1. The number of aryl methyl sites for hydroxylation is 1. The topological polar surface area (TPSA) is 55.1 Å². The SMILES string of the molecule is CCn1nc(-c2ccc(C(C)C)cc2)cc(CO)c1=O. The number of aliphatic hydroxyl groups is 1. The molecular weight excluding hydrogens is 252 g/mol. The Morgan fingerprint density at radius 2 is 1.90 bits per heavy atom. The Bertz CT molecular complexity index is 614. The minimum atomic E-state index is -0.265. The van der Waals surface area contributed by atoms with Gasteiger partial charge in [-0.05, 0) is 24.5 Å². The van der Waals surface area contributed by atoms with E-state index in [9.17, 15) is 9.90 Å². The van der Waals surface area contributed by atoms with Gasteiger partial charge in [-0.3, -0.25) is 4.79 Å². The van der Waals surface area contributed by atoms with Crippen LogP contribution in [-0.4, -0.2) is 14.9 Å².